The molecule has 0 unspecified atom stereocenters. The number of hydrogen-bond acceptors (Lipinski definition) is 4. The van der Waals surface area contributed by atoms with E-state index in [1.165, 1.54) is 49.2 Å². The summed E-state index contributed by atoms with van der Waals surface area (Å²) >= 11 is 7.32. The summed E-state index contributed by atoms with van der Waals surface area (Å²) in [7, 11) is 1.45. The van der Waals surface area contributed by atoms with Crippen LogP contribution < -0.4 is 9.64 Å². The van der Waals surface area contributed by atoms with E-state index >= 15 is 0 Å². The summed E-state index contributed by atoms with van der Waals surface area (Å²) in [5.41, 5.74) is 1.02. The molecule has 7 heteroatoms. The maximum atomic E-state index is 13.3. The van der Waals surface area contributed by atoms with Gasteiger partial charge in [0, 0.05) is 5.02 Å². The van der Waals surface area contributed by atoms with Crippen LogP contribution in [-0.2, 0) is 9.59 Å². The van der Waals surface area contributed by atoms with Gasteiger partial charge in [-0.3, -0.25) is 9.59 Å². The number of anilines is 1. The molecule has 0 atom stereocenters. The lowest BCUT2D eigenvalue weighted by molar-refractivity contribution is -0.119. The molecule has 0 aliphatic carbocycles. The zero-order valence-corrected chi connectivity index (χ0v) is 15.7. The Balaban J connectivity index is 2.13. The van der Waals surface area contributed by atoms with E-state index in [2.05, 4.69) is 0 Å². The van der Waals surface area contributed by atoms with Gasteiger partial charge in [-0.25, -0.2) is 9.29 Å². The van der Waals surface area contributed by atoms with E-state index < -0.39 is 17.6 Å². The van der Waals surface area contributed by atoms with Gasteiger partial charge >= 0.3 is 0 Å². The number of thioether (sulfide) groups is 1. The van der Waals surface area contributed by atoms with Gasteiger partial charge in [0.1, 0.15) is 11.6 Å². The predicted molar refractivity (Wildman–Crippen MR) is 102 cm³/mol. The van der Waals surface area contributed by atoms with Crippen LogP contribution in [0.1, 0.15) is 12.5 Å². The van der Waals surface area contributed by atoms with Crippen molar-refractivity contribution >= 4 is 46.4 Å². The second-order valence-corrected chi connectivity index (χ2v) is 7.12. The van der Waals surface area contributed by atoms with Gasteiger partial charge in [-0.05, 0) is 41.6 Å². The van der Waals surface area contributed by atoms with Crippen molar-refractivity contribution in [3.8, 4) is 5.75 Å². The second kappa shape index (κ2) is 7.51. The van der Waals surface area contributed by atoms with Crippen LogP contribution in [0.2, 0.25) is 5.02 Å². The SMILES string of the molecule is CCSC1=C(c2ccc(F)cc2)C(=O)N(c2cc(Cl)ccc2OC)C1=O. The summed E-state index contributed by atoms with van der Waals surface area (Å²) in [6, 6.07) is 10.2. The molecule has 0 saturated carbocycles. The second-order valence-electron chi connectivity index (χ2n) is 5.41. The molecule has 1 heterocycles. The molecule has 0 spiro atoms. The number of carbonyl (C=O) groups excluding carboxylic acids is 2. The standard InChI is InChI=1S/C19H15ClFNO3S/c1-3-26-17-16(11-4-7-13(21)8-5-11)18(23)22(19(17)24)14-10-12(20)6-9-15(14)25-2/h4-10H,3H2,1-2H3. The molecule has 1 aliphatic heterocycles. The van der Waals surface area contributed by atoms with Gasteiger partial charge in [-0.1, -0.05) is 30.7 Å². The molecule has 2 aromatic rings. The minimum Gasteiger partial charge on any atom is -0.495 e. The first kappa shape index (κ1) is 18.5. The first-order valence-corrected chi connectivity index (χ1v) is 9.19. The molecule has 0 N–H and O–H groups in total. The van der Waals surface area contributed by atoms with Crippen LogP contribution in [-0.4, -0.2) is 24.7 Å². The lowest BCUT2D eigenvalue weighted by Crippen LogP contribution is -2.31. The number of methoxy groups -OCH3 is 1. The van der Waals surface area contributed by atoms with Crippen LogP contribution in [0.25, 0.3) is 5.57 Å². The Kier molecular flexibility index (Phi) is 5.34. The van der Waals surface area contributed by atoms with Crippen molar-refractivity contribution in [1.29, 1.82) is 0 Å². The molecule has 0 fully saturated rings. The molecule has 1 aliphatic rings. The van der Waals surface area contributed by atoms with Gasteiger partial charge in [0.05, 0.1) is 23.3 Å². The minimum absolute atomic E-state index is 0.254. The molecular weight excluding hydrogens is 377 g/mol. The summed E-state index contributed by atoms with van der Waals surface area (Å²) in [4.78, 5) is 27.5. The molecule has 134 valence electrons. The van der Waals surface area contributed by atoms with E-state index in [0.29, 0.717) is 27.0 Å². The van der Waals surface area contributed by atoms with E-state index in [4.69, 9.17) is 16.3 Å². The van der Waals surface area contributed by atoms with E-state index in [0.717, 1.165) is 4.90 Å². The van der Waals surface area contributed by atoms with Crippen molar-refractivity contribution in [2.24, 2.45) is 0 Å². The zero-order chi connectivity index (χ0) is 18.8. The summed E-state index contributed by atoms with van der Waals surface area (Å²) in [6.45, 7) is 1.89. The first-order valence-electron chi connectivity index (χ1n) is 7.83. The topological polar surface area (TPSA) is 46.6 Å². The van der Waals surface area contributed by atoms with Gasteiger partial charge in [-0.2, -0.15) is 0 Å². The average Bonchev–Trinajstić information content (AvgIpc) is 2.86. The van der Waals surface area contributed by atoms with Crippen molar-refractivity contribution in [1.82, 2.24) is 0 Å². The summed E-state index contributed by atoms with van der Waals surface area (Å²) in [5, 5.41) is 0.376. The highest BCUT2D eigenvalue weighted by Crippen LogP contribution is 2.41. The highest BCUT2D eigenvalue weighted by atomic mass is 35.5. The number of imide groups is 1. The van der Waals surface area contributed by atoms with Gasteiger partial charge < -0.3 is 4.74 Å². The van der Waals surface area contributed by atoms with Crippen molar-refractivity contribution in [3.63, 3.8) is 0 Å². The third kappa shape index (κ3) is 3.22. The first-order chi connectivity index (χ1) is 12.5. The molecule has 0 radical (unpaired) electrons. The van der Waals surface area contributed by atoms with Crippen LogP contribution in [0.15, 0.2) is 47.4 Å². The van der Waals surface area contributed by atoms with E-state index in [1.807, 2.05) is 6.92 Å². The Hall–Kier alpha value is -2.31. The van der Waals surface area contributed by atoms with Crippen molar-refractivity contribution < 1.29 is 18.7 Å². The summed E-state index contributed by atoms with van der Waals surface area (Å²) < 4.78 is 18.5. The number of amides is 2. The van der Waals surface area contributed by atoms with Crippen molar-refractivity contribution in [2.45, 2.75) is 6.92 Å². The fraction of sp³-hybridized carbons (Fsp3) is 0.158. The van der Waals surface area contributed by atoms with Crippen LogP contribution in [0.3, 0.4) is 0 Å². The van der Waals surface area contributed by atoms with Crippen LogP contribution in [0.4, 0.5) is 10.1 Å². The minimum atomic E-state index is -0.488. The highest BCUT2D eigenvalue weighted by Gasteiger charge is 2.41. The smallest absolute Gasteiger partial charge is 0.272 e. The van der Waals surface area contributed by atoms with Gasteiger partial charge in [0.2, 0.25) is 0 Å². The predicted octanol–water partition coefficient (Wildman–Crippen LogP) is 4.53. The number of hydrogen-bond donors (Lipinski definition) is 0. The highest BCUT2D eigenvalue weighted by molar-refractivity contribution is 8.04. The molecule has 3 rings (SSSR count). The Bertz CT molecular complexity index is 912. The van der Waals surface area contributed by atoms with Crippen LogP contribution in [0.5, 0.6) is 5.75 Å². The van der Waals surface area contributed by atoms with Gasteiger partial charge in [0.15, 0.2) is 0 Å². The third-order valence-corrected chi connectivity index (χ3v) is 5.04. The zero-order valence-electron chi connectivity index (χ0n) is 14.1. The number of carbonyl (C=O) groups is 2. The lowest BCUT2D eigenvalue weighted by atomic mass is 10.1. The Morgan fingerprint density at radius 1 is 1.12 bits per heavy atom. The molecule has 0 aromatic heterocycles. The van der Waals surface area contributed by atoms with E-state index in [1.54, 1.807) is 12.1 Å². The lowest BCUT2D eigenvalue weighted by Gasteiger charge is -2.18. The number of rotatable bonds is 5. The molecule has 4 nitrogen and oxygen atoms in total. The third-order valence-electron chi connectivity index (χ3n) is 3.84. The molecule has 26 heavy (non-hydrogen) atoms. The maximum Gasteiger partial charge on any atom is 0.272 e. The van der Waals surface area contributed by atoms with Crippen LogP contribution in [0, 0.1) is 5.82 Å². The fourth-order valence-electron chi connectivity index (χ4n) is 2.72. The maximum absolute atomic E-state index is 13.3. The average molecular weight is 392 g/mol. The summed E-state index contributed by atoms with van der Waals surface area (Å²) in [6.07, 6.45) is 0. The van der Waals surface area contributed by atoms with Gasteiger partial charge in [0.25, 0.3) is 11.8 Å². The number of halogens is 2. The molecule has 2 aromatic carbocycles. The van der Waals surface area contributed by atoms with E-state index in [-0.39, 0.29) is 11.3 Å². The van der Waals surface area contributed by atoms with E-state index in [9.17, 15) is 14.0 Å². The normalized spacial score (nSPS) is 14.4. The number of benzene rings is 2. The number of nitrogens with zero attached hydrogens (tertiary/aromatic N) is 1. The molecule has 2 amide bonds. The molecule has 0 saturated heterocycles. The monoisotopic (exact) mass is 391 g/mol. The Labute approximate surface area is 159 Å². The van der Waals surface area contributed by atoms with Gasteiger partial charge in [-0.15, -0.1) is 11.8 Å². The largest absolute Gasteiger partial charge is 0.495 e. The Morgan fingerprint density at radius 3 is 2.42 bits per heavy atom. The van der Waals surface area contributed by atoms with Crippen molar-refractivity contribution in [3.05, 3.63) is 63.8 Å². The summed E-state index contributed by atoms with van der Waals surface area (Å²) in [5.74, 6) is -0.374. The quantitative estimate of drug-likeness (QED) is 0.703. The molecular formula is C19H15ClFNO3S. The number of ether oxygens (including phenoxy) is 1. The Morgan fingerprint density at radius 2 is 1.81 bits per heavy atom. The molecule has 0 bridgehead atoms. The van der Waals surface area contributed by atoms with Crippen molar-refractivity contribution in [2.75, 3.05) is 17.8 Å². The fourth-order valence-corrected chi connectivity index (χ4v) is 3.73. The van der Waals surface area contributed by atoms with Crippen LogP contribution >= 0.6 is 23.4 Å².